The Morgan fingerprint density at radius 1 is 1.25 bits per heavy atom. The number of para-hydroxylation sites is 1. The van der Waals surface area contributed by atoms with Gasteiger partial charge in [0.15, 0.2) is 0 Å². The van der Waals surface area contributed by atoms with Crippen LogP contribution < -0.4 is 15.0 Å². The summed E-state index contributed by atoms with van der Waals surface area (Å²) in [5.74, 6) is 1.29. The summed E-state index contributed by atoms with van der Waals surface area (Å²) < 4.78 is 5.49. The highest BCUT2D eigenvalue weighted by molar-refractivity contribution is 7.99. The van der Waals surface area contributed by atoms with E-state index in [1.807, 2.05) is 31.2 Å². The lowest BCUT2D eigenvalue weighted by molar-refractivity contribution is -0.118. The van der Waals surface area contributed by atoms with E-state index >= 15 is 0 Å². The molecule has 3 rings (SSSR count). The molecule has 148 valence electrons. The molecule has 2 amide bonds. The number of hydrogen-bond donors (Lipinski definition) is 1. The number of fused-ring (bicyclic) bond motifs is 1. The molecule has 0 bridgehead atoms. The number of benzene rings is 2. The molecule has 5 nitrogen and oxygen atoms in total. The molecular formula is C21H23ClN2O3S. The van der Waals surface area contributed by atoms with Gasteiger partial charge in [0, 0.05) is 35.2 Å². The predicted octanol–water partition coefficient (Wildman–Crippen LogP) is 4.39. The molecule has 0 spiro atoms. The average molecular weight is 419 g/mol. The lowest BCUT2D eigenvalue weighted by Crippen LogP contribution is -2.36. The lowest BCUT2D eigenvalue weighted by atomic mass is 10.2. The Balaban J connectivity index is 1.52. The smallest absolute Gasteiger partial charge is 0.255 e. The number of rotatable bonds is 7. The van der Waals surface area contributed by atoms with Gasteiger partial charge in [-0.05, 0) is 43.7 Å². The van der Waals surface area contributed by atoms with Crippen molar-refractivity contribution in [3.05, 3.63) is 53.1 Å². The van der Waals surface area contributed by atoms with Crippen molar-refractivity contribution in [1.29, 1.82) is 0 Å². The third kappa shape index (κ3) is 5.00. The van der Waals surface area contributed by atoms with Crippen molar-refractivity contribution in [3.63, 3.8) is 0 Å². The number of nitrogens with one attached hydrogen (secondary N) is 1. The van der Waals surface area contributed by atoms with Crippen LogP contribution in [-0.2, 0) is 4.79 Å². The van der Waals surface area contributed by atoms with E-state index in [2.05, 4.69) is 5.32 Å². The summed E-state index contributed by atoms with van der Waals surface area (Å²) in [6, 6.07) is 12.8. The molecule has 0 aromatic heterocycles. The third-order valence-electron chi connectivity index (χ3n) is 4.37. The summed E-state index contributed by atoms with van der Waals surface area (Å²) in [5.41, 5.74) is 1.38. The van der Waals surface area contributed by atoms with Gasteiger partial charge in [-0.25, -0.2) is 0 Å². The quantitative estimate of drug-likeness (QED) is 0.677. The van der Waals surface area contributed by atoms with Crippen LogP contribution in [0.3, 0.4) is 0 Å². The van der Waals surface area contributed by atoms with Gasteiger partial charge in [-0.1, -0.05) is 23.7 Å². The number of thioether (sulfide) groups is 1. The zero-order valence-electron chi connectivity index (χ0n) is 15.7. The number of hydrogen-bond acceptors (Lipinski definition) is 4. The molecule has 0 atom stereocenters. The first-order chi connectivity index (χ1) is 13.6. The van der Waals surface area contributed by atoms with E-state index in [4.69, 9.17) is 16.3 Å². The Morgan fingerprint density at radius 2 is 2.07 bits per heavy atom. The van der Waals surface area contributed by atoms with Crippen molar-refractivity contribution in [2.75, 3.05) is 30.3 Å². The Labute approximate surface area is 174 Å². The molecule has 7 heteroatoms. The van der Waals surface area contributed by atoms with Crippen LogP contribution in [0.25, 0.3) is 0 Å². The second-order valence-corrected chi connectivity index (χ2v) is 7.87. The monoisotopic (exact) mass is 418 g/mol. The van der Waals surface area contributed by atoms with E-state index in [1.165, 1.54) is 0 Å². The number of nitrogens with zero attached hydrogens (tertiary/aromatic N) is 1. The molecule has 0 fully saturated rings. The molecule has 1 N–H and O–H groups in total. The topological polar surface area (TPSA) is 58.6 Å². The number of carbonyl (C=O) groups is 2. The molecule has 0 saturated heterocycles. The molecule has 0 aliphatic carbocycles. The summed E-state index contributed by atoms with van der Waals surface area (Å²) in [6.07, 6.45) is 0.935. The Morgan fingerprint density at radius 3 is 2.89 bits per heavy atom. The third-order valence-corrected chi connectivity index (χ3v) is 5.65. The maximum Gasteiger partial charge on any atom is 0.255 e. The van der Waals surface area contributed by atoms with Gasteiger partial charge in [-0.2, -0.15) is 0 Å². The SMILES string of the molecule is CCOc1ccccc1C(=O)NCCCC(=O)N1CCSc2ccc(Cl)cc21. The van der Waals surface area contributed by atoms with Crippen molar-refractivity contribution in [3.8, 4) is 5.75 Å². The Bertz CT molecular complexity index is 859. The lowest BCUT2D eigenvalue weighted by Gasteiger charge is -2.29. The van der Waals surface area contributed by atoms with Crippen molar-refractivity contribution in [1.82, 2.24) is 5.32 Å². The van der Waals surface area contributed by atoms with Crippen LogP contribution in [-0.4, -0.2) is 37.3 Å². The number of anilines is 1. The van der Waals surface area contributed by atoms with Crippen LogP contribution in [0.4, 0.5) is 5.69 Å². The summed E-state index contributed by atoms with van der Waals surface area (Å²) in [5, 5.41) is 3.49. The zero-order chi connectivity index (χ0) is 19.9. The van der Waals surface area contributed by atoms with Crippen LogP contribution in [0.1, 0.15) is 30.1 Å². The van der Waals surface area contributed by atoms with Crippen molar-refractivity contribution >= 4 is 40.9 Å². The number of carbonyl (C=O) groups excluding carboxylic acids is 2. The molecule has 2 aromatic rings. The molecule has 2 aromatic carbocycles. The standard InChI is InChI=1S/C21H23ClN2O3S/c1-2-27-18-7-4-3-6-16(18)21(26)23-11-5-8-20(25)24-12-13-28-19-10-9-15(22)14-17(19)24/h3-4,6-7,9-10,14H,2,5,8,11-13H2,1H3,(H,23,26). The van der Waals surface area contributed by atoms with Gasteiger partial charge >= 0.3 is 0 Å². The highest BCUT2D eigenvalue weighted by Crippen LogP contribution is 2.36. The minimum absolute atomic E-state index is 0.0489. The first kappa shape index (κ1) is 20.6. The van der Waals surface area contributed by atoms with Crippen LogP contribution in [0.5, 0.6) is 5.75 Å². The minimum atomic E-state index is -0.192. The minimum Gasteiger partial charge on any atom is -0.493 e. The molecule has 1 heterocycles. The Kier molecular flexibility index (Phi) is 7.23. The van der Waals surface area contributed by atoms with Gasteiger partial charge in [0.1, 0.15) is 5.75 Å². The van der Waals surface area contributed by atoms with Gasteiger partial charge in [-0.3, -0.25) is 9.59 Å². The fourth-order valence-corrected chi connectivity index (χ4v) is 4.20. The largest absolute Gasteiger partial charge is 0.493 e. The Hall–Kier alpha value is -2.18. The van der Waals surface area contributed by atoms with E-state index in [0.717, 1.165) is 16.3 Å². The van der Waals surface area contributed by atoms with Crippen molar-refractivity contribution in [2.24, 2.45) is 0 Å². The molecule has 1 aliphatic rings. The van der Waals surface area contributed by atoms with Gasteiger partial charge in [0.05, 0.1) is 17.9 Å². The second kappa shape index (κ2) is 9.85. The van der Waals surface area contributed by atoms with Gasteiger partial charge in [0.2, 0.25) is 5.91 Å². The fourth-order valence-electron chi connectivity index (χ4n) is 3.06. The molecular weight excluding hydrogens is 396 g/mol. The maximum absolute atomic E-state index is 12.7. The first-order valence-corrected chi connectivity index (χ1v) is 10.7. The zero-order valence-corrected chi connectivity index (χ0v) is 17.3. The molecule has 0 saturated carbocycles. The summed E-state index contributed by atoms with van der Waals surface area (Å²) in [6.45, 7) is 3.48. The van der Waals surface area contributed by atoms with E-state index in [-0.39, 0.29) is 11.8 Å². The maximum atomic E-state index is 12.7. The molecule has 0 unspecified atom stereocenters. The van der Waals surface area contributed by atoms with Gasteiger partial charge in [0.25, 0.3) is 5.91 Å². The van der Waals surface area contributed by atoms with E-state index < -0.39 is 0 Å². The molecule has 28 heavy (non-hydrogen) atoms. The highest BCUT2D eigenvalue weighted by atomic mass is 35.5. The number of halogens is 1. The normalized spacial score (nSPS) is 13.0. The van der Waals surface area contributed by atoms with Crippen LogP contribution in [0.2, 0.25) is 5.02 Å². The van der Waals surface area contributed by atoms with E-state index in [9.17, 15) is 9.59 Å². The summed E-state index contributed by atoms with van der Waals surface area (Å²) in [7, 11) is 0. The van der Waals surface area contributed by atoms with Gasteiger partial charge in [-0.15, -0.1) is 11.8 Å². The predicted molar refractivity (Wildman–Crippen MR) is 114 cm³/mol. The average Bonchev–Trinajstić information content (AvgIpc) is 2.71. The van der Waals surface area contributed by atoms with Crippen LogP contribution >= 0.6 is 23.4 Å². The van der Waals surface area contributed by atoms with E-state index in [0.29, 0.717) is 48.9 Å². The fraction of sp³-hybridized carbons (Fsp3) is 0.333. The van der Waals surface area contributed by atoms with Crippen LogP contribution in [0.15, 0.2) is 47.4 Å². The molecule has 0 radical (unpaired) electrons. The van der Waals surface area contributed by atoms with Gasteiger partial charge < -0.3 is 15.0 Å². The van der Waals surface area contributed by atoms with Crippen molar-refractivity contribution < 1.29 is 14.3 Å². The number of amides is 2. The second-order valence-electron chi connectivity index (χ2n) is 6.29. The highest BCUT2D eigenvalue weighted by Gasteiger charge is 2.23. The molecule has 1 aliphatic heterocycles. The summed E-state index contributed by atoms with van der Waals surface area (Å²) >= 11 is 7.83. The van der Waals surface area contributed by atoms with E-state index in [1.54, 1.807) is 34.9 Å². The van der Waals surface area contributed by atoms with Crippen LogP contribution in [0, 0.1) is 0 Å². The first-order valence-electron chi connectivity index (χ1n) is 9.33. The van der Waals surface area contributed by atoms with Crippen molar-refractivity contribution in [2.45, 2.75) is 24.7 Å². The summed E-state index contributed by atoms with van der Waals surface area (Å²) in [4.78, 5) is 27.9. The number of ether oxygens (including phenoxy) is 1.